The van der Waals surface area contributed by atoms with Gasteiger partial charge in [0.2, 0.25) is 0 Å². The van der Waals surface area contributed by atoms with Gasteiger partial charge in [-0.25, -0.2) is 0 Å². The third-order valence-corrected chi connectivity index (χ3v) is 0.112. The minimum atomic E-state index is -2.33. The van der Waals surface area contributed by atoms with Gasteiger partial charge in [0.1, 0.15) is 5.40 Å². The molecule has 0 heterocycles. The van der Waals surface area contributed by atoms with Crippen LogP contribution in [0, 0.1) is 10.7 Å². The fourth-order valence-electron chi connectivity index (χ4n) is 0. The summed E-state index contributed by atoms with van der Waals surface area (Å²) >= 11 is -0.0880. The van der Waals surface area contributed by atoms with E-state index in [0.717, 1.165) is 0 Å². The number of nitrogens with zero attached hydrogens (tertiary/aromatic N) is 1. The molecular weight excluding hydrogens is 173 g/mol. The molecule has 0 aromatic carbocycles. The van der Waals surface area contributed by atoms with Gasteiger partial charge in [-0.1, -0.05) is 0 Å². The fourth-order valence-corrected chi connectivity index (χ4v) is 0. The van der Waals surface area contributed by atoms with Gasteiger partial charge in [0.05, 0.1) is 0 Å². The Hall–Kier alpha value is 0.706. The zero-order valence-electron chi connectivity index (χ0n) is 4.49. The van der Waals surface area contributed by atoms with E-state index >= 15 is 0 Å². The standard InChI is InChI=1S/CHNOS.CH2O3.K/c2-1-4-3;2-1(3)4;/h3H;(H2,2,3,4);/q;;+1/p-3. The Morgan fingerprint density at radius 2 is 1.67 bits per heavy atom. The molecule has 46 valence electrons. The Morgan fingerprint density at radius 3 is 1.67 bits per heavy atom. The van der Waals surface area contributed by atoms with Crippen molar-refractivity contribution in [3.8, 4) is 5.40 Å². The summed E-state index contributed by atoms with van der Waals surface area (Å²) in [6.07, 6.45) is -2.33. The molecule has 0 saturated heterocycles. The van der Waals surface area contributed by atoms with Crippen molar-refractivity contribution < 1.29 is 70.9 Å². The van der Waals surface area contributed by atoms with Crippen LogP contribution in [0.5, 0.6) is 0 Å². The Bertz CT molecular complexity index is 97.2. The van der Waals surface area contributed by atoms with E-state index in [4.69, 9.17) is 24.8 Å². The summed E-state index contributed by atoms with van der Waals surface area (Å²) in [7, 11) is 0. The Morgan fingerprint density at radius 1 is 1.56 bits per heavy atom. The Labute approximate surface area is 98.3 Å². The number of carbonyl (C=O) groups is 1. The number of hydrogen-bond donors (Lipinski definition) is 0. The van der Waals surface area contributed by atoms with Crippen LogP contribution in [-0.2, 0) is 0 Å². The first-order valence-electron chi connectivity index (χ1n) is 1.21. The third-order valence-electron chi connectivity index (χ3n) is 0.0373. The summed E-state index contributed by atoms with van der Waals surface area (Å²) in [5.41, 5.74) is 0. The number of carbonyl (C=O) groups excluding carboxylic acids is 1. The van der Waals surface area contributed by atoms with Gasteiger partial charge in [-0.05, 0) is 6.16 Å². The van der Waals surface area contributed by atoms with Crippen LogP contribution in [0.3, 0.4) is 0 Å². The summed E-state index contributed by atoms with van der Waals surface area (Å²) in [4.78, 5) is 8.33. The predicted molar refractivity (Wildman–Crippen MR) is 19.4 cm³/mol. The van der Waals surface area contributed by atoms with Gasteiger partial charge in [0, 0.05) is 0 Å². The molecule has 0 aromatic heterocycles. The van der Waals surface area contributed by atoms with Gasteiger partial charge in [0.25, 0.3) is 0 Å². The summed E-state index contributed by atoms with van der Waals surface area (Å²) < 4.78 is 8.85. The monoisotopic (exact) mass is 173 g/mol. The van der Waals surface area contributed by atoms with E-state index in [2.05, 4.69) is 0 Å². The zero-order valence-corrected chi connectivity index (χ0v) is 8.43. The molecule has 0 unspecified atom stereocenters. The molecule has 0 fully saturated rings. The van der Waals surface area contributed by atoms with Crippen molar-refractivity contribution in [2.24, 2.45) is 0 Å². The molecule has 0 atom stereocenters. The maximum absolute atomic E-state index is 8.85. The van der Waals surface area contributed by atoms with Crippen LogP contribution in [0.15, 0.2) is 0 Å². The number of nitriles is 1. The largest absolute Gasteiger partial charge is 1.00 e. The predicted octanol–water partition coefficient (Wildman–Crippen LogP) is -5.11. The summed E-state index contributed by atoms with van der Waals surface area (Å²) in [5.74, 6) is 0. The molecule has 0 bridgehead atoms. The average molecular weight is 173 g/mol. The average Bonchev–Trinajstić information content (AvgIpc) is 1.65. The van der Waals surface area contributed by atoms with E-state index in [-0.39, 0.29) is 63.4 Å². The van der Waals surface area contributed by atoms with E-state index in [1.165, 1.54) is 5.40 Å². The third kappa shape index (κ3) is 134. The van der Waals surface area contributed by atoms with Crippen LogP contribution in [0.25, 0.3) is 0 Å². The second-order valence-electron chi connectivity index (χ2n) is 0.425. The number of carboxylic acid groups (broad SMARTS) is 2. The van der Waals surface area contributed by atoms with Crippen LogP contribution in [0.4, 0.5) is 4.79 Å². The minimum absolute atomic E-state index is 0. The molecule has 0 N–H and O–H groups in total. The first-order valence-corrected chi connectivity index (χ1v) is 1.95. The molecule has 0 aliphatic heterocycles. The molecule has 9 heavy (non-hydrogen) atoms. The van der Waals surface area contributed by atoms with Crippen molar-refractivity contribution >= 4 is 18.2 Å². The van der Waals surface area contributed by atoms with Gasteiger partial charge in [0.15, 0.2) is 0 Å². The quantitative estimate of drug-likeness (QED) is 0.206. The number of rotatable bonds is 0. The van der Waals surface area contributed by atoms with Crippen molar-refractivity contribution in [2.45, 2.75) is 0 Å². The fraction of sp³-hybridized carbons (Fsp3) is 0. The molecule has 0 spiro atoms. The Kier molecular flexibility index (Phi) is 28.9. The van der Waals surface area contributed by atoms with Crippen molar-refractivity contribution in [1.82, 2.24) is 0 Å². The van der Waals surface area contributed by atoms with Gasteiger partial charge in [-0.3, -0.25) is 0 Å². The summed E-state index contributed by atoms with van der Waals surface area (Å²) in [5, 5.41) is 25.2. The normalized spacial score (nSPS) is 4.89. The van der Waals surface area contributed by atoms with Crippen LogP contribution < -0.4 is 61.6 Å². The summed E-state index contributed by atoms with van der Waals surface area (Å²) in [6.45, 7) is 0. The second-order valence-corrected chi connectivity index (χ2v) is 0.774. The molecule has 0 radical (unpaired) electrons. The van der Waals surface area contributed by atoms with E-state index < -0.39 is 6.16 Å². The zero-order chi connectivity index (χ0) is 6.99. The number of thiocyanates is 1. The molecule has 0 amide bonds. The molecule has 0 aromatic rings. The molecule has 7 heteroatoms. The maximum Gasteiger partial charge on any atom is 1.00 e. The first-order chi connectivity index (χ1) is 3.65. The Balaban J connectivity index is -0.0000000720. The van der Waals surface area contributed by atoms with E-state index in [1.807, 2.05) is 0 Å². The first kappa shape index (κ1) is 16.4. The van der Waals surface area contributed by atoms with Crippen LogP contribution in [-0.4, -0.2) is 10.7 Å². The number of hydrogen-bond acceptors (Lipinski definition) is 6. The van der Waals surface area contributed by atoms with Crippen molar-refractivity contribution in [3.05, 3.63) is 0 Å². The molecule has 0 aliphatic carbocycles. The molecule has 5 nitrogen and oxygen atoms in total. The maximum atomic E-state index is 8.85. The van der Waals surface area contributed by atoms with Crippen LogP contribution in [0.1, 0.15) is 0 Å². The van der Waals surface area contributed by atoms with Gasteiger partial charge < -0.3 is 19.6 Å². The van der Waals surface area contributed by atoms with Gasteiger partial charge in [-0.15, -0.1) is 12.0 Å². The summed E-state index contributed by atoms with van der Waals surface area (Å²) in [6, 6.07) is 0. The molecule has 0 rings (SSSR count). The molecular formula is C2KNO4S-2. The van der Waals surface area contributed by atoms with Crippen LogP contribution >= 0.6 is 12.0 Å². The topological polar surface area (TPSA) is 110 Å². The van der Waals surface area contributed by atoms with Crippen molar-refractivity contribution in [2.75, 3.05) is 0 Å². The van der Waals surface area contributed by atoms with Crippen molar-refractivity contribution in [1.29, 1.82) is 5.26 Å². The van der Waals surface area contributed by atoms with E-state index in [9.17, 15) is 0 Å². The SMILES string of the molecule is N#CS[O-].O=C([O-])[O-].[K+]. The minimum Gasteiger partial charge on any atom is -0.787 e. The van der Waals surface area contributed by atoms with E-state index in [0.29, 0.717) is 0 Å². The van der Waals surface area contributed by atoms with Gasteiger partial charge >= 0.3 is 51.4 Å². The van der Waals surface area contributed by atoms with E-state index in [1.54, 1.807) is 0 Å². The van der Waals surface area contributed by atoms with Crippen molar-refractivity contribution in [3.63, 3.8) is 0 Å². The molecule has 0 aliphatic rings. The van der Waals surface area contributed by atoms with Gasteiger partial charge in [-0.2, -0.15) is 5.26 Å². The molecule has 0 saturated carbocycles. The second kappa shape index (κ2) is 15.9. The smallest absolute Gasteiger partial charge is 0.787 e. The van der Waals surface area contributed by atoms with Crippen LogP contribution in [0.2, 0.25) is 0 Å².